The third kappa shape index (κ3) is 2.86. The molecule has 4 heteroatoms. The van der Waals surface area contributed by atoms with Gasteiger partial charge < -0.3 is 0 Å². The summed E-state index contributed by atoms with van der Waals surface area (Å²) in [5, 5.41) is 0. The van der Waals surface area contributed by atoms with Crippen LogP contribution in [-0.4, -0.2) is 0 Å². The number of nitrogens with one attached hydrogen (secondary N) is 1. The molecule has 0 saturated carbocycles. The van der Waals surface area contributed by atoms with Gasteiger partial charge in [0.05, 0.1) is 6.04 Å². The SMILES string of the molecule is Fc1ccc(C2CC(c3cccc(Br)c3)ON2)cc1. The number of hydroxylamine groups is 1. The number of halogens is 2. The van der Waals surface area contributed by atoms with Crippen LogP contribution in [0.1, 0.15) is 29.7 Å². The Morgan fingerprint density at radius 3 is 2.63 bits per heavy atom. The van der Waals surface area contributed by atoms with Crippen molar-refractivity contribution in [1.82, 2.24) is 5.48 Å². The highest BCUT2D eigenvalue weighted by atomic mass is 79.9. The van der Waals surface area contributed by atoms with Crippen molar-refractivity contribution in [2.45, 2.75) is 18.6 Å². The number of hydrogen-bond donors (Lipinski definition) is 1. The van der Waals surface area contributed by atoms with Gasteiger partial charge in [0.25, 0.3) is 0 Å². The zero-order chi connectivity index (χ0) is 13.2. The van der Waals surface area contributed by atoms with Crippen molar-refractivity contribution in [3.63, 3.8) is 0 Å². The molecule has 1 aliphatic heterocycles. The first-order valence-corrected chi connectivity index (χ1v) is 6.94. The number of hydrogen-bond acceptors (Lipinski definition) is 2. The summed E-state index contributed by atoms with van der Waals surface area (Å²) in [5.41, 5.74) is 5.19. The van der Waals surface area contributed by atoms with E-state index in [4.69, 9.17) is 4.84 Å². The van der Waals surface area contributed by atoms with Gasteiger partial charge in [-0.15, -0.1) is 0 Å². The van der Waals surface area contributed by atoms with E-state index in [1.165, 1.54) is 12.1 Å². The summed E-state index contributed by atoms with van der Waals surface area (Å²) in [6.45, 7) is 0. The van der Waals surface area contributed by atoms with Gasteiger partial charge >= 0.3 is 0 Å². The minimum atomic E-state index is -0.216. The van der Waals surface area contributed by atoms with Gasteiger partial charge in [0.2, 0.25) is 0 Å². The van der Waals surface area contributed by atoms with E-state index in [0.29, 0.717) is 0 Å². The summed E-state index contributed by atoms with van der Waals surface area (Å²) in [7, 11) is 0. The Morgan fingerprint density at radius 2 is 1.89 bits per heavy atom. The fourth-order valence-electron chi connectivity index (χ4n) is 2.28. The Labute approximate surface area is 119 Å². The van der Waals surface area contributed by atoms with Crippen LogP contribution < -0.4 is 5.48 Å². The maximum Gasteiger partial charge on any atom is 0.123 e. The van der Waals surface area contributed by atoms with Crippen molar-refractivity contribution in [3.05, 3.63) is 69.9 Å². The molecule has 0 bridgehead atoms. The number of rotatable bonds is 2. The van der Waals surface area contributed by atoms with Crippen LogP contribution in [0.5, 0.6) is 0 Å². The van der Waals surface area contributed by atoms with Gasteiger partial charge in [0, 0.05) is 10.9 Å². The number of benzene rings is 2. The van der Waals surface area contributed by atoms with Crippen LogP contribution in [0.25, 0.3) is 0 Å². The lowest BCUT2D eigenvalue weighted by Gasteiger charge is -2.09. The van der Waals surface area contributed by atoms with E-state index in [9.17, 15) is 4.39 Å². The van der Waals surface area contributed by atoms with E-state index < -0.39 is 0 Å². The van der Waals surface area contributed by atoms with Gasteiger partial charge in [-0.25, -0.2) is 4.39 Å². The second kappa shape index (κ2) is 5.41. The van der Waals surface area contributed by atoms with E-state index in [0.717, 1.165) is 22.0 Å². The standard InChI is InChI=1S/C15H13BrFNO/c16-12-3-1-2-11(8-12)15-9-14(18-19-15)10-4-6-13(17)7-5-10/h1-8,14-15,18H,9H2. The lowest BCUT2D eigenvalue weighted by Crippen LogP contribution is -2.11. The van der Waals surface area contributed by atoms with Gasteiger partial charge in [-0.1, -0.05) is 40.2 Å². The van der Waals surface area contributed by atoms with Crippen LogP contribution in [0.4, 0.5) is 4.39 Å². The maximum absolute atomic E-state index is 12.9. The summed E-state index contributed by atoms with van der Waals surface area (Å²) in [4.78, 5) is 5.63. The van der Waals surface area contributed by atoms with Gasteiger partial charge in [0.15, 0.2) is 0 Å². The molecule has 3 rings (SSSR count). The van der Waals surface area contributed by atoms with E-state index in [1.807, 2.05) is 18.2 Å². The minimum absolute atomic E-state index is 0.0209. The largest absolute Gasteiger partial charge is 0.293 e. The molecule has 2 aromatic carbocycles. The second-order valence-corrected chi connectivity index (χ2v) is 5.53. The Kier molecular flexibility index (Phi) is 3.64. The highest BCUT2D eigenvalue weighted by Crippen LogP contribution is 2.35. The van der Waals surface area contributed by atoms with Gasteiger partial charge in [-0.05, 0) is 35.4 Å². The molecule has 19 heavy (non-hydrogen) atoms. The van der Waals surface area contributed by atoms with E-state index in [2.05, 4.69) is 27.5 Å². The van der Waals surface area contributed by atoms with Crippen molar-refractivity contribution >= 4 is 15.9 Å². The van der Waals surface area contributed by atoms with Gasteiger partial charge in [-0.2, -0.15) is 5.48 Å². The quantitative estimate of drug-likeness (QED) is 0.890. The predicted molar refractivity (Wildman–Crippen MR) is 74.9 cm³/mol. The Morgan fingerprint density at radius 1 is 1.11 bits per heavy atom. The topological polar surface area (TPSA) is 21.3 Å². The molecule has 0 spiro atoms. The molecular weight excluding hydrogens is 309 g/mol. The monoisotopic (exact) mass is 321 g/mol. The second-order valence-electron chi connectivity index (χ2n) is 4.62. The predicted octanol–water partition coefficient (Wildman–Crippen LogP) is 4.30. The van der Waals surface area contributed by atoms with Crippen LogP contribution in [0, 0.1) is 5.82 Å². The average molecular weight is 322 g/mol. The summed E-state index contributed by atoms with van der Waals surface area (Å²) >= 11 is 3.46. The third-order valence-electron chi connectivity index (χ3n) is 3.30. The average Bonchev–Trinajstić information content (AvgIpc) is 2.89. The van der Waals surface area contributed by atoms with Crippen LogP contribution in [0.15, 0.2) is 53.0 Å². The molecule has 2 nitrogen and oxygen atoms in total. The summed E-state index contributed by atoms with van der Waals surface area (Å²) in [5.74, 6) is -0.216. The van der Waals surface area contributed by atoms with Crippen LogP contribution in [0.2, 0.25) is 0 Å². The van der Waals surface area contributed by atoms with Crippen LogP contribution >= 0.6 is 15.9 Å². The highest BCUT2D eigenvalue weighted by molar-refractivity contribution is 9.10. The van der Waals surface area contributed by atoms with Crippen LogP contribution in [-0.2, 0) is 4.84 Å². The van der Waals surface area contributed by atoms with Crippen molar-refractivity contribution in [2.75, 3.05) is 0 Å². The van der Waals surface area contributed by atoms with Crippen molar-refractivity contribution in [3.8, 4) is 0 Å². The van der Waals surface area contributed by atoms with Gasteiger partial charge in [-0.3, -0.25) is 4.84 Å². The van der Waals surface area contributed by atoms with E-state index >= 15 is 0 Å². The first-order valence-electron chi connectivity index (χ1n) is 6.14. The minimum Gasteiger partial charge on any atom is -0.293 e. The molecule has 1 saturated heterocycles. The summed E-state index contributed by atoms with van der Waals surface area (Å²) in [6.07, 6.45) is 0.856. The van der Waals surface area contributed by atoms with E-state index in [1.54, 1.807) is 12.1 Å². The maximum atomic E-state index is 12.9. The zero-order valence-electron chi connectivity index (χ0n) is 10.1. The lowest BCUT2D eigenvalue weighted by molar-refractivity contribution is 0.0255. The Bertz CT molecular complexity index is 573. The molecular formula is C15H13BrFNO. The van der Waals surface area contributed by atoms with Crippen molar-refractivity contribution < 1.29 is 9.23 Å². The molecule has 0 aromatic heterocycles. The van der Waals surface area contributed by atoms with Crippen molar-refractivity contribution in [1.29, 1.82) is 0 Å². The molecule has 2 aromatic rings. The molecule has 1 fully saturated rings. The molecule has 98 valence electrons. The molecule has 1 aliphatic rings. The van der Waals surface area contributed by atoms with E-state index in [-0.39, 0.29) is 18.0 Å². The summed E-state index contributed by atoms with van der Waals surface area (Å²) in [6, 6.07) is 14.7. The third-order valence-corrected chi connectivity index (χ3v) is 3.79. The first-order chi connectivity index (χ1) is 9.22. The fourth-order valence-corrected chi connectivity index (χ4v) is 2.70. The first kappa shape index (κ1) is 12.8. The molecule has 0 radical (unpaired) electrons. The Hall–Kier alpha value is -1.23. The molecule has 1 N–H and O–H groups in total. The Balaban J connectivity index is 1.75. The molecule has 0 aliphatic carbocycles. The zero-order valence-corrected chi connectivity index (χ0v) is 11.7. The molecule has 1 heterocycles. The smallest absolute Gasteiger partial charge is 0.123 e. The van der Waals surface area contributed by atoms with Gasteiger partial charge in [0.1, 0.15) is 11.9 Å². The lowest BCUT2D eigenvalue weighted by atomic mass is 9.99. The fraction of sp³-hybridized carbons (Fsp3) is 0.200. The molecule has 2 atom stereocenters. The van der Waals surface area contributed by atoms with Crippen molar-refractivity contribution in [2.24, 2.45) is 0 Å². The highest BCUT2D eigenvalue weighted by Gasteiger charge is 2.27. The van der Waals surface area contributed by atoms with Crippen LogP contribution in [0.3, 0.4) is 0 Å². The normalized spacial score (nSPS) is 22.6. The summed E-state index contributed by atoms with van der Waals surface area (Å²) < 4.78 is 13.9. The molecule has 2 unspecified atom stereocenters. The molecule has 0 amide bonds.